The highest BCUT2D eigenvalue weighted by Gasteiger charge is 2.21. The molecule has 2 aromatic rings. The van der Waals surface area contributed by atoms with Gasteiger partial charge in [-0.3, -0.25) is 9.59 Å². The molecule has 0 radical (unpaired) electrons. The molecule has 0 bridgehead atoms. The number of ether oxygens (including phenoxy) is 1. The number of rotatable bonds is 8. The van der Waals surface area contributed by atoms with E-state index in [9.17, 15) is 9.59 Å². The highest BCUT2D eigenvalue weighted by molar-refractivity contribution is 5.97. The third kappa shape index (κ3) is 5.57. The molecule has 1 unspecified atom stereocenters. The summed E-state index contributed by atoms with van der Waals surface area (Å²) in [6, 6.07) is 6.29. The van der Waals surface area contributed by atoms with Crippen molar-refractivity contribution in [1.82, 2.24) is 15.8 Å². The molecule has 7 nitrogen and oxygen atoms in total. The van der Waals surface area contributed by atoms with Gasteiger partial charge >= 0.3 is 0 Å². The predicted octanol–water partition coefficient (Wildman–Crippen LogP) is 2.76. The van der Waals surface area contributed by atoms with Crippen LogP contribution in [0.5, 0.6) is 5.75 Å². The predicted molar refractivity (Wildman–Crippen MR) is 102 cm³/mol. The summed E-state index contributed by atoms with van der Waals surface area (Å²) in [5.74, 6) is 1.03. The van der Waals surface area contributed by atoms with E-state index < -0.39 is 6.04 Å². The Bertz CT molecular complexity index is 779. The van der Waals surface area contributed by atoms with E-state index in [1.165, 1.54) is 0 Å². The molecule has 1 aromatic heterocycles. The van der Waals surface area contributed by atoms with Crippen molar-refractivity contribution in [3.05, 3.63) is 46.8 Å². The first-order chi connectivity index (χ1) is 12.8. The number of nitrogens with zero attached hydrogens (tertiary/aromatic N) is 1. The number of amides is 2. The third-order valence-corrected chi connectivity index (χ3v) is 4.24. The van der Waals surface area contributed by atoms with E-state index in [4.69, 9.17) is 9.26 Å². The summed E-state index contributed by atoms with van der Waals surface area (Å²) < 4.78 is 10.9. The fraction of sp³-hybridized carbons (Fsp3) is 0.450. The SMILES string of the molecule is CNC(=O)C(CC(C)C)NC(=O)c1cccc(OCc2c(C)noc2C)c1. The maximum atomic E-state index is 12.6. The number of aromatic nitrogens is 1. The van der Waals surface area contributed by atoms with Crippen LogP contribution >= 0.6 is 0 Å². The van der Waals surface area contributed by atoms with Crippen molar-refractivity contribution in [3.63, 3.8) is 0 Å². The van der Waals surface area contributed by atoms with Crippen molar-refractivity contribution < 1.29 is 18.8 Å². The molecule has 2 N–H and O–H groups in total. The fourth-order valence-electron chi connectivity index (χ4n) is 2.71. The second-order valence-electron chi connectivity index (χ2n) is 6.89. The summed E-state index contributed by atoms with van der Waals surface area (Å²) in [5, 5.41) is 9.29. The van der Waals surface area contributed by atoms with Gasteiger partial charge in [0.2, 0.25) is 5.91 Å². The first kappa shape index (κ1) is 20.5. The number of aryl methyl sites for hydroxylation is 2. The molecule has 1 aromatic carbocycles. The summed E-state index contributed by atoms with van der Waals surface area (Å²) in [6.07, 6.45) is 0.563. The maximum absolute atomic E-state index is 12.6. The summed E-state index contributed by atoms with van der Waals surface area (Å²) in [4.78, 5) is 24.6. The van der Waals surface area contributed by atoms with Crippen LogP contribution in [0.25, 0.3) is 0 Å². The monoisotopic (exact) mass is 373 g/mol. The Morgan fingerprint density at radius 1 is 1.26 bits per heavy atom. The highest BCUT2D eigenvalue weighted by Crippen LogP contribution is 2.19. The van der Waals surface area contributed by atoms with E-state index in [-0.39, 0.29) is 17.7 Å². The van der Waals surface area contributed by atoms with E-state index in [0.29, 0.717) is 30.1 Å². The van der Waals surface area contributed by atoms with Crippen molar-refractivity contribution in [2.75, 3.05) is 7.05 Å². The van der Waals surface area contributed by atoms with E-state index >= 15 is 0 Å². The first-order valence-electron chi connectivity index (χ1n) is 8.98. The van der Waals surface area contributed by atoms with Gasteiger partial charge in [-0.05, 0) is 44.4 Å². The zero-order valence-electron chi connectivity index (χ0n) is 16.5. The minimum Gasteiger partial charge on any atom is -0.489 e. The second kappa shape index (κ2) is 9.21. The first-order valence-corrected chi connectivity index (χ1v) is 8.98. The molecule has 0 saturated heterocycles. The number of carbonyl (C=O) groups is 2. The smallest absolute Gasteiger partial charge is 0.252 e. The summed E-state index contributed by atoms with van der Waals surface area (Å²) >= 11 is 0. The zero-order valence-corrected chi connectivity index (χ0v) is 16.5. The van der Waals surface area contributed by atoms with Crippen LogP contribution in [-0.2, 0) is 11.4 Å². The molecule has 0 aliphatic carbocycles. The van der Waals surface area contributed by atoms with Gasteiger partial charge in [0.25, 0.3) is 5.91 Å². The number of carbonyl (C=O) groups excluding carboxylic acids is 2. The molecule has 7 heteroatoms. The average molecular weight is 373 g/mol. The number of likely N-dealkylation sites (N-methyl/N-ethyl adjacent to an activating group) is 1. The molecule has 0 spiro atoms. The fourth-order valence-corrected chi connectivity index (χ4v) is 2.71. The Morgan fingerprint density at radius 2 is 2.00 bits per heavy atom. The molecule has 2 amide bonds. The molecule has 0 saturated carbocycles. The zero-order chi connectivity index (χ0) is 20.0. The average Bonchev–Trinajstić information content (AvgIpc) is 2.96. The van der Waals surface area contributed by atoms with E-state index in [1.807, 2.05) is 27.7 Å². The van der Waals surface area contributed by atoms with Crippen LogP contribution in [0.4, 0.5) is 0 Å². The van der Waals surface area contributed by atoms with Crippen molar-refractivity contribution in [2.45, 2.75) is 46.8 Å². The molecular weight excluding hydrogens is 346 g/mol. The minimum absolute atomic E-state index is 0.206. The van der Waals surface area contributed by atoms with E-state index in [0.717, 1.165) is 11.3 Å². The van der Waals surface area contributed by atoms with Gasteiger partial charge in [0.1, 0.15) is 24.2 Å². The molecule has 2 rings (SSSR count). The van der Waals surface area contributed by atoms with Crippen molar-refractivity contribution in [2.24, 2.45) is 5.92 Å². The molecule has 146 valence electrons. The lowest BCUT2D eigenvalue weighted by atomic mass is 10.0. The molecule has 0 aliphatic rings. The molecule has 0 fully saturated rings. The normalized spacial score (nSPS) is 11.9. The molecule has 0 aliphatic heterocycles. The van der Waals surface area contributed by atoms with Crippen LogP contribution < -0.4 is 15.4 Å². The Morgan fingerprint density at radius 3 is 2.59 bits per heavy atom. The van der Waals surface area contributed by atoms with Gasteiger partial charge in [0.05, 0.1) is 11.3 Å². The Kier molecular flexibility index (Phi) is 6.98. The maximum Gasteiger partial charge on any atom is 0.252 e. The molecule has 27 heavy (non-hydrogen) atoms. The van der Waals surface area contributed by atoms with Gasteiger partial charge in [-0.25, -0.2) is 0 Å². The minimum atomic E-state index is -0.575. The topological polar surface area (TPSA) is 93.5 Å². The Hall–Kier alpha value is -2.83. The van der Waals surface area contributed by atoms with Gasteiger partial charge in [-0.1, -0.05) is 25.1 Å². The second-order valence-corrected chi connectivity index (χ2v) is 6.89. The van der Waals surface area contributed by atoms with Crippen molar-refractivity contribution in [3.8, 4) is 5.75 Å². The van der Waals surface area contributed by atoms with Crippen LogP contribution in [0.1, 0.15) is 47.6 Å². The van der Waals surface area contributed by atoms with Gasteiger partial charge in [-0.2, -0.15) is 0 Å². The number of hydrogen-bond acceptors (Lipinski definition) is 5. The largest absolute Gasteiger partial charge is 0.489 e. The quantitative estimate of drug-likeness (QED) is 0.742. The summed E-state index contributed by atoms with van der Waals surface area (Å²) in [6.45, 7) is 8.00. The number of benzene rings is 1. The standard InChI is InChI=1S/C20H27N3O4/c1-12(2)9-18(20(25)21-5)22-19(24)15-7-6-8-16(10-15)26-11-17-13(3)23-27-14(17)4/h6-8,10,12,18H,9,11H2,1-5H3,(H,21,25)(H,22,24). The van der Waals surface area contributed by atoms with Gasteiger partial charge in [0, 0.05) is 12.6 Å². The van der Waals surface area contributed by atoms with E-state index in [2.05, 4.69) is 15.8 Å². The molecular formula is C20H27N3O4. The Labute approximate surface area is 159 Å². The van der Waals surface area contributed by atoms with E-state index in [1.54, 1.807) is 31.3 Å². The van der Waals surface area contributed by atoms with Crippen LogP contribution in [0, 0.1) is 19.8 Å². The molecule has 1 heterocycles. The lowest BCUT2D eigenvalue weighted by Gasteiger charge is -2.19. The highest BCUT2D eigenvalue weighted by atomic mass is 16.5. The lowest BCUT2D eigenvalue weighted by Crippen LogP contribution is -2.46. The molecule has 1 atom stereocenters. The van der Waals surface area contributed by atoms with Crippen LogP contribution in [0.2, 0.25) is 0 Å². The van der Waals surface area contributed by atoms with Crippen molar-refractivity contribution in [1.29, 1.82) is 0 Å². The van der Waals surface area contributed by atoms with Crippen LogP contribution in [-0.4, -0.2) is 30.1 Å². The van der Waals surface area contributed by atoms with Crippen LogP contribution in [0.15, 0.2) is 28.8 Å². The number of hydrogen-bond donors (Lipinski definition) is 2. The van der Waals surface area contributed by atoms with Gasteiger partial charge < -0.3 is 19.9 Å². The van der Waals surface area contributed by atoms with Gasteiger partial charge in [-0.15, -0.1) is 0 Å². The Balaban J connectivity index is 2.06. The van der Waals surface area contributed by atoms with Crippen LogP contribution in [0.3, 0.4) is 0 Å². The summed E-state index contributed by atoms with van der Waals surface area (Å²) in [5.41, 5.74) is 2.11. The third-order valence-electron chi connectivity index (χ3n) is 4.24. The van der Waals surface area contributed by atoms with Crippen molar-refractivity contribution >= 4 is 11.8 Å². The van der Waals surface area contributed by atoms with Gasteiger partial charge in [0.15, 0.2) is 0 Å². The number of nitrogens with one attached hydrogen (secondary N) is 2. The summed E-state index contributed by atoms with van der Waals surface area (Å²) in [7, 11) is 1.56. The lowest BCUT2D eigenvalue weighted by molar-refractivity contribution is -0.122.